The van der Waals surface area contributed by atoms with E-state index in [2.05, 4.69) is 10.4 Å². The molecule has 0 atom stereocenters. The number of amides is 1. The minimum absolute atomic E-state index is 0.131. The molecule has 1 aromatic carbocycles. The lowest BCUT2D eigenvalue weighted by Crippen LogP contribution is -2.29. The Balaban J connectivity index is 2.03. The highest BCUT2D eigenvalue weighted by Crippen LogP contribution is 2.21. The van der Waals surface area contributed by atoms with Crippen LogP contribution >= 0.6 is 0 Å². The van der Waals surface area contributed by atoms with Gasteiger partial charge in [-0.1, -0.05) is 0 Å². The molecule has 106 valence electrons. The van der Waals surface area contributed by atoms with Crippen LogP contribution in [0.4, 0.5) is 11.4 Å². The van der Waals surface area contributed by atoms with Crippen molar-refractivity contribution in [3.05, 3.63) is 42.2 Å². The first-order chi connectivity index (χ1) is 9.58. The monoisotopic (exact) mass is 273 g/mol. The summed E-state index contributed by atoms with van der Waals surface area (Å²) in [5.41, 5.74) is 7.76. The number of nitrogens with one attached hydrogen (secondary N) is 1. The van der Waals surface area contributed by atoms with Gasteiger partial charge >= 0.3 is 0 Å². The van der Waals surface area contributed by atoms with Gasteiger partial charge < -0.3 is 16.0 Å². The zero-order chi connectivity index (χ0) is 14.5. The lowest BCUT2D eigenvalue weighted by molar-refractivity contribution is 0.0952. The Kier molecular flexibility index (Phi) is 4.24. The summed E-state index contributed by atoms with van der Waals surface area (Å²) in [6.07, 6.45) is 3.57. The zero-order valence-electron chi connectivity index (χ0n) is 11.7. The van der Waals surface area contributed by atoms with Crippen molar-refractivity contribution in [1.82, 2.24) is 15.1 Å². The van der Waals surface area contributed by atoms with E-state index in [4.69, 9.17) is 5.73 Å². The maximum absolute atomic E-state index is 12.2. The second-order valence-corrected chi connectivity index (χ2v) is 4.70. The standard InChI is InChI=1S/C14H19N5O/c1-18(2)13-5-4-11(15)10-12(13)14(20)16-7-9-19-8-3-6-17-19/h3-6,8,10H,7,9,15H2,1-2H3,(H,16,20). The Hall–Kier alpha value is -2.50. The molecular formula is C14H19N5O. The summed E-state index contributed by atoms with van der Waals surface area (Å²) in [7, 11) is 3.79. The summed E-state index contributed by atoms with van der Waals surface area (Å²) in [5.74, 6) is -0.131. The van der Waals surface area contributed by atoms with Crippen LogP contribution in [0.25, 0.3) is 0 Å². The highest BCUT2D eigenvalue weighted by molar-refractivity contribution is 6.00. The third-order valence-electron chi connectivity index (χ3n) is 2.93. The Bertz CT molecular complexity index is 577. The van der Waals surface area contributed by atoms with Crippen LogP contribution in [-0.2, 0) is 6.54 Å². The fourth-order valence-corrected chi connectivity index (χ4v) is 1.94. The molecule has 3 N–H and O–H groups in total. The van der Waals surface area contributed by atoms with Gasteiger partial charge in [0.25, 0.3) is 5.91 Å². The van der Waals surface area contributed by atoms with Crippen molar-refractivity contribution in [1.29, 1.82) is 0 Å². The fourth-order valence-electron chi connectivity index (χ4n) is 1.94. The van der Waals surface area contributed by atoms with E-state index in [1.165, 1.54) is 0 Å². The van der Waals surface area contributed by atoms with Crippen molar-refractivity contribution in [2.75, 3.05) is 31.3 Å². The first-order valence-corrected chi connectivity index (χ1v) is 6.40. The van der Waals surface area contributed by atoms with Crippen molar-refractivity contribution >= 4 is 17.3 Å². The van der Waals surface area contributed by atoms with Gasteiger partial charge in [0.2, 0.25) is 0 Å². The zero-order valence-corrected chi connectivity index (χ0v) is 11.7. The predicted molar refractivity (Wildman–Crippen MR) is 79.7 cm³/mol. The number of carbonyl (C=O) groups excluding carboxylic acids is 1. The summed E-state index contributed by atoms with van der Waals surface area (Å²) in [5, 5.41) is 6.96. The lowest BCUT2D eigenvalue weighted by atomic mass is 10.1. The third kappa shape index (κ3) is 3.28. The van der Waals surface area contributed by atoms with Crippen LogP contribution in [0.3, 0.4) is 0 Å². The quantitative estimate of drug-likeness (QED) is 0.796. The Labute approximate surface area is 118 Å². The van der Waals surface area contributed by atoms with Crippen molar-refractivity contribution < 1.29 is 4.79 Å². The smallest absolute Gasteiger partial charge is 0.253 e. The molecule has 1 heterocycles. The molecule has 0 saturated carbocycles. The van der Waals surface area contributed by atoms with E-state index < -0.39 is 0 Å². The normalized spacial score (nSPS) is 10.3. The van der Waals surface area contributed by atoms with Gasteiger partial charge in [0, 0.05) is 44.4 Å². The maximum Gasteiger partial charge on any atom is 0.253 e. The van der Waals surface area contributed by atoms with Crippen LogP contribution in [0.5, 0.6) is 0 Å². The minimum Gasteiger partial charge on any atom is -0.399 e. The number of nitrogen functional groups attached to an aromatic ring is 1. The van der Waals surface area contributed by atoms with E-state index >= 15 is 0 Å². The van der Waals surface area contributed by atoms with Crippen molar-refractivity contribution in [2.45, 2.75) is 6.54 Å². The summed E-state index contributed by atoms with van der Waals surface area (Å²) >= 11 is 0. The van der Waals surface area contributed by atoms with Crippen LogP contribution in [0.2, 0.25) is 0 Å². The number of nitrogens with two attached hydrogens (primary N) is 1. The summed E-state index contributed by atoms with van der Waals surface area (Å²) in [6.45, 7) is 1.15. The molecule has 0 aliphatic carbocycles. The van der Waals surface area contributed by atoms with Gasteiger partial charge in [0.1, 0.15) is 0 Å². The first-order valence-electron chi connectivity index (χ1n) is 6.40. The molecule has 6 heteroatoms. The topological polar surface area (TPSA) is 76.2 Å². The van der Waals surface area contributed by atoms with E-state index in [1.54, 1.807) is 23.0 Å². The number of rotatable bonds is 5. The van der Waals surface area contributed by atoms with Crippen LogP contribution < -0.4 is 16.0 Å². The average Bonchev–Trinajstić information content (AvgIpc) is 2.91. The minimum atomic E-state index is -0.131. The molecule has 2 rings (SSSR count). The number of nitrogens with zero attached hydrogens (tertiary/aromatic N) is 3. The molecule has 20 heavy (non-hydrogen) atoms. The molecule has 6 nitrogen and oxygen atoms in total. The Morgan fingerprint density at radius 2 is 2.25 bits per heavy atom. The summed E-state index contributed by atoms with van der Waals surface area (Å²) in [4.78, 5) is 14.1. The van der Waals surface area contributed by atoms with Crippen molar-refractivity contribution in [3.8, 4) is 0 Å². The first kappa shape index (κ1) is 13.9. The van der Waals surface area contributed by atoms with Gasteiger partial charge in [0.15, 0.2) is 0 Å². The molecule has 0 radical (unpaired) electrons. The van der Waals surface area contributed by atoms with Crippen LogP contribution in [0, 0.1) is 0 Å². The van der Waals surface area contributed by atoms with Gasteiger partial charge in [-0.15, -0.1) is 0 Å². The molecule has 0 saturated heterocycles. The van der Waals surface area contributed by atoms with Gasteiger partial charge in [-0.25, -0.2) is 0 Å². The van der Waals surface area contributed by atoms with E-state index in [1.807, 2.05) is 37.3 Å². The van der Waals surface area contributed by atoms with Crippen molar-refractivity contribution in [3.63, 3.8) is 0 Å². The molecule has 0 aliphatic heterocycles. The predicted octanol–water partition coefficient (Wildman–Crippen LogP) is 0.961. The molecule has 1 aromatic heterocycles. The number of benzene rings is 1. The van der Waals surface area contributed by atoms with Gasteiger partial charge in [-0.3, -0.25) is 9.48 Å². The average molecular weight is 273 g/mol. The van der Waals surface area contributed by atoms with E-state index in [9.17, 15) is 4.79 Å². The second-order valence-electron chi connectivity index (χ2n) is 4.70. The van der Waals surface area contributed by atoms with Gasteiger partial charge in [-0.2, -0.15) is 5.10 Å². The SMILES string of the molecule is CN(C)c1ccc(N)cc1C(=O)NCCn1cccn1. The van der Waals surface area contributed by atoms with E-state index in [-0.39, 0.29) is 5.91 Å². The number of anilines is 2. The number of hydrogen-bond acceptors (Lipinski definition) is 4. The fraction of sp³-hybridized carbons (Fsp3) is 0.286. The second kappa shape index (κ2) is 6.10. The Morgan fingerprint density at radius 1 is 1.45 bits per heavy atom. The molecule has 0 aliphatic rings. The van der Waals surface area contributed by atoms with E-state index in [0.717, 1.165) is 5.69 Å². The van der Waals surface area contributed by atoms with Crippen LogP contribution in [-0.4, -0.2) is 36.3 Å². The van der Waals surface area contributed by atoms with Crippen LogP contribution in [0.15, 0.2) is 36.7 Å². The number of carbonyl (C=O) groups is 1. The Morgan fingerprint density at radius 3 is 2.90 bits per heavy atom. The molecule has 2 aromatic rings. The molecule has 0 unspecified atom stereocenters. The highest BCUT2D eigenvalue weighted by atomic mass is 16.1. The van der Waals surface area contributed by atoms with Gasteiger partial charge in [0.05, 0.1) is 12.1 Å². The third-order valence-corrected chi connectivity index (χ3v) is 2.93. The lowest BCUT2D eigenvalue weighted by Gasteiger charge is -2.17. The highest BCUT2D eigenvalue weighted by Gasteiger charge is 2.12. The van der Waals surface area contributed by atoms with Crippen LogP contribution in [0.1, 0.15) is 10.4 Å². The largest absolute Gasteiger partial charge is 0.399 e. The van der Waals surface area contributed by atoms with Crippen molar-refractivity contribution in [2.24, 2.45) is 0 Å². The number of aromatic nitrogens is 2. The maximum atomic E-state index is 12.2. The number of hydrogen-bond donors (Lipinski definition) is 2. The molecule has 0 bridgehead atoms. The molecular weight excluding hydrogens is 254 g/mol. The molecule has 0 spiro atoms. The molecule has 1 amide bonds. The van der Waals surface area contributed by atoms with Gasteiger partial charge in [-0.05, 0) is 24.3 Å². The summed E-state index contributed by atoms with van der Waals surface area (Å²) in [6, 6.07) is 7.18. The summed E-state index contributed by atoms with van der Waals surface area (Å²) < 4.78 is 1.77. The molecule has 0 fully saturated rings. The van der Waals surface area contributed by atoms with E-state index in [0.29, 0.717) is 24.3 Å².